The summed E-state index contributed by atoms with van der Waals surface area (Å²) in [5, 5.41) is 8.36. The van der Waals surface area contributed by atoms with E-state index in [9.17, 15) is 9.59 Å². The van der Waals surface area contributed by atoms with Gasteiger partial charge >= 0.3 is 11.9 Å². The van der Waals surface area contributed by atoms with Crippen LogP contribution in [-0.2, 0) is 14.0 Å². The molecule has 0 aromatic rings. The minimum Gasteiger partial charge on any atom is -0.517 e. The molecule has 0 aliphatic heterocycles. The van der Waals surface area contributed by atoms with Crippen molar-refractivity contribution in [2.45, 2.75) is 26.6 Å². The van der Waals surface area contributed by atoms with Crippen LogP contribution < -0.4 is 0 Å². The molecule has 0 saturated heterocycles. The Morgan fingerprint density at radius 1 is 1.31 bits per heavy atom. The highest BCUT2D eigenvalue weighted by Crippen LogP contribution is 2.07. The molecule has 1 N–H and O–H groups in total. The normalized spacial score (nSPS) is 12.5. The van der Waals surface area contributed by atoms with Gasteiger partial charge in [-0.15, -0.1) is 0 Å². The number of carbonyl (C=O) groups is 2. The van der Waals surface area contributed by atoms with Gasteiger partial charge in [-0.1, -0.05) is 0 Å². The van der Waals surface area contributed by atoms with E-state index in [1.54, 1.807) is 0 Å². The molecule has 0 unspecified atom stereocenters. The summed E-state index contributed by atoms with van der Waals surface area (Å²) in [6.45, 7) is 7.01. The van der Waals surface area contributed by atoms with Crippen molar-refractivity contribution in [3.05, 3.63) is 11.6 Å². The van der Waals surface area contributed by atoms with Gasteiger partial charge in [0.1, 0.15) is 0 Å². The number of carboxylic acid groups (broad SMARTS) is 1. The molecule has 0 aliphatic carbocycles. The van der Waals surface area contributed by atoms with Gasteiger partial charge in [-0.3, -0.25) is 0 Å². The van der Waals surface area contributed by atoms with Crippen molar-refractivity contribution in [1.82, 2.24) is 0 Å². The molecule has 0 amide bonds. The number of rotatable bonds is 3. The summed E-state index contributed by atoms with van der Waals surface area (Å²) < 4.78 is 5.07. The lowest BCUT2D eigenvalue weighted by Gasteiger charge is -2.17. The van der Waals surface area contributed by atoms with Gasteiger partial charge in [-0.05, 0) is 26.6 Å². The maximum absolute atomic E-state index is 11.2. The second kappa shape index (κ2) is 4.22. The number of carboxylic acids is 1. The first-order valence-corrected chi connectivity index (χ1v) is 7.28. The first-order valence-electron chi connectivity index (χ1n) is 3.87. The second-order valence-electron chi connectivity index (χ2n) is 3.67. The molecule has 0 atom stereocenters. The van der Waals surface area contributed by atoms with E-state index in [0.29, 0.717) is 0 Å². The first-order chi connectivity index (χ1) is 5.72. The molecule has 0 saturated carbocycles. The Labute approximate surface area is 78.3 Å². The number of hydrogen-bond donors (Lipinski definition) is 1. The van der Waals surface area contributed by atoms with E-state index < -0.39 is 20.3 Å². The molecule has 74 valence electrons. The van der Waals surface area contributed by atoms with Crippen molar-refractivity contribution < 1.29 is 19.1 Å². The minimum atomic E-state index is -1.92. The van der Waals surface area contributed by atoms with Crippen LogP contribution in [0.15, 0.2) is 11.6 Å². The van der Waals surface area contributed by atoms with Crippen LogP contribution in [0, 0.1) is 0 Å². The summed E-state index contributed by atoms with van der Waals surface area (Å²) >= 11 is 0. The summed E-state index contributed by atoms with van der Waals surface area (Å²) in [4.78, 5) is 21.4. The van der Waals surface area contributed by atoms with Gasteiger partial charge in [-0.2, -0.15) is 0 Å². The molecule has 0 radical (unpaired) electrons. The van der Waals surface area contributed by atoms with Crippen molar-refractivity contribution in [3.8, 4) is 0 Å². The van der Waals surface area contributed by atoms with Gasteiger partial charge in [0.05, 0.1) is 0 Å². The third-order valence-corrected chi connectivity index (χ3v) is 1.86. The zero-order chi connectivity index (χ0) is 10.6. The fourth-order valence-electron chi connectivity index (χ4n) is 0.603. The number of carbonyl (C=O) groups excluding carboxylic acids is 1. The van der Waals surface area contributed by atoms with Gasteiger partial charge in [0.15, 0.2) is 0 Å². The molecule has 5 heteroatoms. The monoisotopic (exact) mass is 202 g/mol. The van der Waals surface area contributed by atoms with Gasteiger partial charge < -0.3 is 9.53 Å². The zero-order valence-corrected chi connectivity index (χ0v) is 9.25. The van der Waals surface area contributed by atoms with E-state index in [-0.39, 0.29) is 5.57 Å². The molecule has 0 aliphatic rings. The molecule has 4 nitrogen and oxygen atoms in total. The van der Waals surface area contributed by atoms with Crippen molar-refractivity contribution in [2.75, 3.05) is 0 Å². The van der Waals surface area contributed by atoms with E-state index in [0.717, 1.165) is 6.08 Å². The van der Waals surface area contributed by atoms with Crippen LogP contribution in [0.4, 0.5) is 0 Å². The minimum absolute atomic E-state index is 0.120. The highest BCUT2D eigenvalue weighted by Gasteiger charge is 2.20. The van der Waals surface area contributed by atoms with Crippen LogP contribution in [0.25, 0.3) is 0 Å². The Morgan fingerprint density at radius 2 is 1.77 bits per heavy atom. The van der Waals surface area contributed by atoms with Gasteiger partial charge in [0, 0.05) is 11.6 Å². The van der Waals surface area contributed by atoms with Gasteiger partial charge in [-0.25, -0.2) is 9.59 Å². The number of aliphatic carboxylic acids is 1. The van der Waals surface area contributed by atoms with Gasteiger partial charge in [0.25, 0.3) is 0 Å². The average molecular weight is 202 g/mol. The van der Waals surface area contributed by atoms with Gasteiger partial charge in [0.2, 0.25) is 8.32 Å². The Morgan fingerprint density at radius 3 is 2.08 bits per heavy atom. The van der Waals surface area contributed by atoms with Crippen molar-refractivity contribution >= 4 is 20.3 Å². The van der Waals surface area contributed by atoms with E-state index in [1.807, 2.05) is 19.6 Å². The first kappa shape index (κ1) is 11.9. The average Bonchev–Trinajstić information content (AvgIpc) is 1.81. The maximum atomic E-state index is 11.2. The largest absolute Gasteiger partial charge is 0.517 e. The Balaban J connectivity index is 4.37. The molecule has 0 rings (SSSR count). The third kappa shape index (κ3) is 6.09. The number of hydrogen-bond acceptors (Lipinski definition) is 3. The second-order valence-corrected chi connectivity index (χ2v) is 8.10. The van der Waals surface area contributed by atoms with E-state index >= 15 is 0 Å². The van der Waals surface area contributed by atoms with Crippen molar-refractivity contribution in [3.63, 3.8) is 0 Å². The smallest absolute Gasteiger partial charge is 0.328 e. The molecule has 0 spiro atoms. The highest BCUT2D eigenvalue weighted by molar-refractivity contribution is 6.71. The summed E-state index contributed by atoms with van der Waals surface area (Å²) in [5.74, 6) is -1.67. The van der Waals surface area contributed by atoms with Crippen LogP contribution >= 0.6 is 0 Å². The maximum Gasteiger partial charge on any atom is 0.328 e. The van der Waals surface area contributed by atoms with Crippen LogP contribution in [0.1, 0.15) is 6.92 Å². The lowest BCUT2D eigenvalue weighted by atomic mass is 10.3. The van der Waals surface area contributed by atoms with Crippen LogP contribution in [0.5, 0.6) is 0 Å². The quantitative estimate of drug-likeness (QED) is 0.555. The molecular formula is C8H14O4Si. The molecule has 0 bridgehead atoms. The predicted molar refractivity (Wildman–Crippen MR) is 50.8 cm³/mol. The lowest BCUT2D eigenvalue weighted by Crippen LogP contribution is -2.29. The Hall–Kier alpha value is -1.10. The lowest BCUT2D eigenvalue weighted by molar-refractivity contribution is -0.134. The molecule has 13 heavy (non-hydrogen) atoms. The fourth-order valence-corrected chi connectivity index (χ4v) is 1.32. The van der Waals surface area contributed by atoms with Crippen molar-refractivity contribution in [1.29, 1.82) is 0 Å². The zero-order valence-electron chi connectivity index (χ0n) is 8.25. The Kier molecular flexibility index (Phi) is 3.87. The van der Waals surface area contributed by atoms with Crippen molar-refractivity contribution in [2.24, 2.45) is 0 Å². The standard InChI is InChI=1S/C8H14O4Si/c1-6(5-7(9)10)8(11)12-13(2,3)4/h5H,1-4H3,(H,9,10)/b6-5-. The summed E-state index contributed by atoms with van der Waals surface area (Å²) in [7, 11) is -1.92. The topological polar surface area (TPSA) is 63.6 Å². The van der Waals surface area contributed by atoms with E-state index in [2.05, 4.69) is 0 Å². The van der Waals surface area contributed by atoms with Crippen LogP contribution in [-0.4, -0.2) is 25.4 Å². The molecular weight excluding hydrogens is 188 g/mol. The molecule has 0 heterocycles. The van der Waals surface area contributed by atoms with Crippen LogP contribution in [0.2, 0.25) is 19.6 Å². The fraction of sp³-hybridized carbons (Fsp3) is 0.500. The molecule has 0 fully saturated rings. The summed E-state index contributed by atoms with van der Waals surface area (Å²) in [6.07, 6.45) is 0.850. The third-order valence-electron chi connectivity index (χ3n) is 1.06. The molecule has 0 aromatic carbocycles. The Bertz CT molecular complexity index is 249. The van der Waals surface area contributed by atoms with E-state index in [4.69, 9.17) is 9.53 Å². The summed E-state index contributed by atoms with van der Waals surface area (Å²) in [5.41, 5.74) is 0.120. The van der Waals surface area contributed by atoms with E-state index in [1.165, 1.54) is 6.92 Å². The predicted octanol–water partition coefficient (Wildman–Crippen LogP) is 1.40. The molecule has 0 aromatic heterocycles. The summed E-state index contributed by atoms with van der Waals surface area (Å²) in [6, 6.07) is 0. The van der Waals surface area contributed by atoms with Crippen LogP contribution in [0.3, 0.4) is 0 Å². The SMILES string of the molecule is C/C(=C/C(=O)O)C(=O)O[Si](C)(C)C. The highest BCUT2D eigenvalue weighted by atomic mass is 28.4.